The monoisotopic (exact) mass is 248 g/mol. The van der Waals surface area contributed by atoms with Gasteiger partial charge < -0.3 is 5.32 Å². The van der Waals surface area contributed by atoms with Crippen LogP contribution < -0.4 is 5.32 Å². The maximum absolute atomic E-state index is 5.77. The number of hydrogen-bond acceptors (Lipinski definition) is 4. The van der Waals surface area contributed by atoms with Crippen LogP contribution in [0.25, 0.3) is 0 Å². The molecule has 0 aliphatic rings. The molecule has 4 nitrogen and oxygen atoms in total. The zero-order chi connectivity index (χ0) is 12.3. The summed E-state index contributed by atoms with van der Waals surface area (Å²) in [5.74, 6) is 0.739. The molecule has 0 saturated heterocycles. The summed E-state index contributed by atoms with van der Waals surface area (Å²) in [4.78, 5) is 12.4. The van der Waals surface area contributed by atoms with Gasteiger partial charge in [0, 0.05) is 18.0 Å². The average Bonchev–Trinajstić information content (AvgIpc) is 2.35. The number of rotatable bonds is 3. The summed E-state index contributed by atoms with van der Waals surface area (Å²) in [5, 5.41) is 3.51. The predicted molar refractivity (Wildman–Crippen MR) is 68.1 cm³/mol. The lowest BCUT2D eigenvalue weighted by Gasteiger charge is -2.15. The highest BCUT2D eigenvalue weighted by Gasteiger charge is 2.09. The largest absolute Gasteiger partial charge is 0.362 e. The van der Waals surface area contributed by atoms with Crippen LogP contribution in [0.15, 0.2) is 30.6 Å². The molecule has 2 rings (SSSR count). The highest BCUT2D eigenvalue weighted by Crippen LogP contribution is 2.19. The second-order valence-corrected chi connectivity index (χ2v) is 4.13. The number of aryl methyl sites for hydroxylation is 1. The summed E-state index contributed by atoms with van der Waals surface area (Å²) in [6.45, 7) is 3.96. The van der Waals surface area contributed by atoms with Crippen molar-refractivity contribution in [3.8, 4) is 0 Å². The maximum Gasteiger partial charge on any atom is 0.224 e. The van der Waals surface area contributed by atoms with Crippen LogP contribution >= 0.6 is 11.6 Å². The fourth-order valence-corrected chi connectivity index (χ4v) is 1.61. The van der Waals surface area contributed by atoms with Gasteiger partial charge in [0.25, 0.3) is 0 Å². The van der Waals surface area contributed by atoms with E-state index in [4.69, 9.17) is 11.6 Å². The first-order valence-electron chi connectivity index (χ1n) is 5.33. The highest BCUT2D eigenvalue weighted by molar-refractivity contribution is 6.28. The Balaban J connectivity index is 2.18. The van der Waals surface area contributed by atoms with Crippen LogP contribution in [0.1, 0.15) is 24.2 Å². The van der Waals surface area contributed by atoms with E-state index in [1.165, 1.54) is 0 Å². The first kappa shape index (κ1) is 11.8. The minimum Gasteiger partial charge on any atom is -0.362 e. The van der Waals surface area contributed by atoms with Crippen molar-refractivity contribution in [2.75, 3.05) is 5.32 Å². The van der Waals surface area contributed by atoms with Gasteiger partial charge in [0.2, 0.25) is 5.28 Å². The van der Waals surface area contributed by atoms with Crippen LogP contribution in [0.3, 0.4) is 0 Å². The van der Waals surface area contributed by atoms with E-state index in [9.17, 15) is 0 Å². The van der Waals surface area contributed by atoms with Gasteiger partial charge in [-0.05, 0) is 37.6 Å². The second kappa shape index (κ2) is 5.10. The third kappa shape index (κ3) is 2.91. The molecule has 0 saturated carbocycles. The summed E-state index contributed by atoms with van der Waals surface area (Å²) < 4.78 is 0. The van der Waals surface area contributed by atoms with Crippen molar-refractivity contribution in [2.24, 2.45) is 0 Å². The number of nitrogens with zero attached hydrogens (tertiary/aromatic N) is 3. The SMILES string of the molecule is Cc1cnc(Cl)nc1NC(C)c1ccccn1. The van der Waals surface area contributed by atoms with E-state index in [2.05, 4.69) is 20.3 Å². The molecule has 0 amide bonds. The molecule has 0 aliphatic carbocycles. The number of aromatic nitrogens is 3. The van der Waals surface area contributed by atoms with Gasteiger partial charge >= 0.3 is 0 Å². The molecule has 88 valence electrons. The van der Waals surface area contributed by atoms with Gasteiger partial charge in [-0.3, -0.25) is 4.98 Å². The lowest BCUT2D eigenvalue weighted by Crippen LogP contribution is -2.10. The van der Waals surface area contributed by atoms with Crippen molar-refractivity contribution in [2.45, 2.75) is 19.9 Å². The Morgan fingerprint density at radius 3 is 2.82 bits per heavy atom. The Morgan fingerprint density at radius 1 is 1.29 bits per heavy atom. The molecule has 2 heterocycles. The molecule has 5 heteroatoms. The maximum atomic E-state index is 5.77. The summed E-state index contributed by atoms with van der Waals surface area (Å²) in [5.41, 5.74) is 1.92. The van der Waals surface area contributed by atoms with E-state index in [1.807, 2.05) is 32.0 Å². The number of halogens is 1. The third-order valence-electron chi connectivity index (χ3n) is 2.43. The van der Waals surface area contributed by atoms with Crippen molar-refractivity contribution >= 4 is 17.4 Å². The van der Waals surface area contributed by atoms with Gasteiger partial charge in [-0.15, -0.1) is 0 Å². The van der Waals surface area contributed by atoms with E-state index < -0.39 is 0 Å². The minimum atomic E-state index is 0.0702. The molecule has 1 atom stereocenters. The van der Waals surface area contributed by atoms with Crippen LogP contribution in [-0.4, -0.2) is 15.0 Å². The van der Waals surface area contributed by atoms with Crippen LogP contribution in [0.2, 0.25) is 5.28 Å². The van der Waals surface area contributed by atoms with Crippen LogP contribution in [0, 0.1) is 6.92 Å². The molecule has 1 N–H and O–H groups in total. The molecule has 0 bridgehead atoms. The number of nitrogens with one attached hydrogen (secondary N) is 1. The lowest BCUT2D eigenvalue weighted by atomic mass is 10.2. The van der Waals surface area contributed by atoms with Gasteiger partial charge in [-0.1, -0.05) is 6.07 Å². The van der Waals surface area contributed by atoms with Crippen molar-refractivity contribution in [3.63, 3.8) is 0 Å². The van der Waals surface area contributed by atoms with Crippen molar-refractivity contribution in [1.82, 2.24) is 15.0 Å². The fraction of sp³-hybridized carbons (Fsp3) is 0.250. The molecular formula is C12H13ClN4. The van der Waals surface area contributed by atoms with E-state index in [0.29, 0.717) is 0 Å². The third-order valence-corrected chi connectivity index (χ3v) is 2.61. The van der Waals surface area contributed by atoms with Crippen molar-refractivity contribution in [3.05, 3.63) is 47.1 Å². The van der Waals surface area contributed by atoms with E-state index >= 15 is 0 Å². The number of anilines is 1. The zero-order valence-corrected chi connectivity index (χ0v) is 10.4. The fourth-order valence-electron chi connectivity index (χ4n) is 1.48. The number of hydrogen-bond donors (Lipinski definition) is 1. The molecule has 0 fully saturated rings. The van der Waals surface area contributed by atoms with Gasteiger partial charge in [0.05, 0.1) is 11.7 Å². The molecular weight excluding hydrogens is 236 g/mol. The Bertz CT molecular complexity index is 501. The predicted octanol–water partition coefficient (Wildman–Crippen LogP) is 3.01. The Labute approximate surface area is 105 Å². The molecule has 2 aromatic rings. The molecule has 0 radical (unpaired) electrons. The normalized spacial score (nSPS) is 12.2. The Kier molecular flexibility index (Phi) is 3.54. The molecule has 0 aromatic carbocycles. The molecule has 17 heavy (non-hydrogen) atoms. The Morgan fingerprint density at radius 2 is 2.12 bits per heavy atom. The lowest BCUT2D eigenvalue weighted by molar-refractivity contribution is 0.827. The molecule has 1 unspecified atom stereocenters. The van der Waals surface area contributed by atoms with Crippen LogP contribution in [-0.2, 0) is 0 Å². The Hall–Kier alpha value is -1.68. The quantitative estimate of drug-likeness (QED) is 0.849. The van der Waals surface area contributed by atoms with Crippen molar-refractivity contribution < 1.29 is 0 Å². The van der Waals surface area contributed by atoms with Crippen LogP contribution in [0.4, 0.5) is 5.82 Å². The van der Waals surface area contributed by atoms with E-state index in [1.54, 1.807) is 12.4 Å². The van der Waals surface area contributed by atoms with Gasteiger partial charge in [0.15, 0.2) is 0 Å². The van der Waals surface area contributed by atoms with E-state index in [-0.39, 0.29) is 11.3 Å². The van der Waals surface area contributed by atoms with Crippen molar-refractivity contribution in [1.29, 1.82) is 0 Å². The first-order valence-corrected chi connectivity index (χ1v) is 5.71. The highest BCUT2D eigenvalue weighted by atomic mass is 35.5. The molecule has 0 spiro atoms. The average molecular weight is 249 g/mol. The smallest absolute Gasteiger partial charge is 0.224 e. The van der Waals surface area contributed by atoms with Gasteiger partial charge in [0.1, 0.15) is 5.82 Å². The molecule has 0 aliphatic heterocycles. The molecule has 2 aromatic heterocycles. The van der Waals surface area contributed by atoms with Gasteiger partial charge in [-0.2, -0.15) is 0 Å². The second-order valence-electron chi connectivity index (χ2n) is 3.79. The summed E-state index contributed by atoms with van der Waals surface area (Å²) >= 11 is 5.77. The van der Waals surface area contributed by atoms with E-state index in [0.717, 1.165) is 17.1 Å². The first-order chi connectivity index (χ1) is 8.16. The minimum absolute atomic E-state index is 0.0702. The summed E-state index contributed by atoms with van der Waals surface area (Å²) in [6.07, 6.45) is 3.47. The topological polar surface area (TPSA) is 50.7 Å². The van der Waals surface area contributed by atoms with Crippen LogP contribution in [0.5, 0.6) is 0 Å². The summed E-state index contributed by atoms with van der Waals surface area (Å²) in [6, 6.07) is 5.89. The zero-order valence-electron chi connectivity index (χ0n) is 9.68. The summed E-state index contributed by atoms with van der Waals surface area (Å²) in [7, 11) is 0. The van der Waals surface area contributed by atoms with Gasteiger partial charge in [-0.25, -0.2) is 9.97 Å². The standard InChI is InChI=1S/C12H13ClN4/c1-8-7-15-12(13)17-11(8)16-9(2)10-5-3-4-6-14-10/h3-7,9H,1-2H3,(H,15,16,17). The number of pyridine rings is 1.